The molecule has 138 valence electrons. The lowest BCUT2D eigenvalue weighted by Crippen LogP contribution is -2.40. The molecule has 0 radical (unpaired) electrons. The average Bonchev–Trinajstić information content (AvgIpc) is 2.64. The number of phenols is 1. The third kappa shape index (κ3) is 4.61. The topological polar surface area (TPSA) is 52.6 Å². The van der Waals surface area contributed by atoms with E-state index in [0.717, 1.165) is 31.1 Å². The second-order valence-corrected chi connectivity index (χ2v) is 7.05. The van der Waals surface area contributed by atoms with Crippen molar-refractivity contribution in [2.75, 3.05) is 26.2 Å². The van der Waals surface area contributed by atoms with Crippen molar-refractivity contribution in [2.45, 2.75) is 19.8 Å². The summed E-state index contributed by atoms with van der Waals surface area (Å²) >= 11 is 0. The molecule has 26 heavy (non-hydrogen) atoms. The first-order valence-electron chi connectivity index (χ1n) is 9.12. The van der Waals surface area contributed by atoms with E-state index in [2.05, 4.69) is 17.1 Å². The minimum absolute atomic E-state index is 0.0986. The Kier molecular flexibility index (Phi) is 5.89. The third-order valence-corrected chi connectivity index (χ3v) is 4.88. The number of amides is 1. The Bertz CT molecular complexity index is 761. The van der Waals surface area contributed by atoms with Crippen molar-refractivity contribution < 1.29 is 14.3 Å². The van der Waals surface area contributed by atoms with Crippen molar-refractivity contribution in [2.24, 2.45) is 5.92 Å². The van der Waals surface area contributed by atoms with Gasteiger partial charge in [0.15, 0.2) is 11.6 Å². The predicted octanol–water partition coefficient (Wildman–Crippen LogP) is 3.66. The van der Waals surface area contributed by atoms with Crippen LogP contribution in [0.2, 0.25) is 0 Å². The number of rotatable bonds is 5. The highest BCUT2D eigenvalue weighted by Gasteiger charge is 2.16. The molecule has 4 nitrogen and oxygen atoms in total. The number of carbonyl (C=O) groups is 1. The van der Waals surface area contributed by atoms with Crippen LogP contribution < -0.4 is 5.32 Å². The maximum Gasteiger partial charge on any atom is 0.251 e. The van der Waals surface area contributed by atoms with Crippen molar-refractivity contribution in [3.8, 4) is 16.9 Å². The predicted molar refractivity (Wildman–Crippen MR) is 101 cm³/mol. The zero-order valence-electron chi connectivity index (χ0n) is 15.0. The fourth-order valence-corrected chi connectivity index (χ4v) is 3.42. The minimum atomic E-state index is -0.656. The Hall–Kier alpha value is -2.40. The van der Waals surface area contributed by atoms with Gasteiger partial charge in [0.05, 0.1) is 0 Å². The second-order valence-electron chi connectivity index (χ2n) is 7.05. The van der Waals surface area contributed by atoms with Crippen LogP contribution in [0.25, 0.3) is 11.1 Å². The van der Waals surface area contributed by atoms with E-state index < -0.39 is 5.82 Å². The molecule has 2 aromatic rings. The van der Waals surface area contributed by atoms with Crippen LogP contribution in [-0.4, -0.2) is 42.1 Å². The van der Waals surface area contributed by atoms with Crippen molar-refractivity contribution in [1.29, 1.82) is 0 Å². The lowest BCUT2D eigenvalue weighted by molar-refractivity contribution is 0.0944. The van der Waals surface area contributed by atoms with Gasteiger partial charge in [-0.15, -0.1) is 0 Å². The molecule has 3 rings (SSSR count). The van der Waals surface area contributed by atoms with Crippen LogP contribution in [0.5, 0.6) is 5.75 Å². The molecule has 0 aliphatic carbocycles. The summed E-state index contributed by atoms with van der Waals surface area (Å²) in [6, 6.07) is 11.3. The number of halogens is 1. The number of nitrogens with zero attached hydrogens (tertiary/aromatic N) is 1. The summed E-state index contributed by atoms with van der Waals surface area (Å²) < 4.78 is 13.5. The number of hydrogen-bond acceptors (Lipinski definition) is 3. The highest BCUT2D eigenvalue weighted by molar-refractivity contribution is 5.94. The first kappa shape index (κ1) is 18.4. The standard InChI is InChI=1S/C21H25FN2O2/c1-15-3-2-11-24(14-15)12-10-23-21(26)17-6-4-16(5-7-17)18-8-9-20(25)19(22)13-18/h4-9,13,15,25H,2-3,10-12,14H2,1H3,(H,23,26). The quantitative estimate of drug-likeness (QED) is 0.860. The van der Waals surface area contributed by atoms with Gasteiger partial charge in [-0.2, -0.15) is 0 Å². The number of nitrogens with one attached hydrogen (secondary N) is 1. The largest absolute Gasteiger partial charge is 0.505 e. The summed E-state index contributed by atoms with van der Waals surface area (Å²) in [5, 5.41) is 12.2. The van der Waals surface area contributed by atoms with Gasteiger partial charge in [-0.3, -0.25) is 4.79 Å². The molecule has 1 saturated heterocycles. The Morgan fingerprint density at radius 1 is 1.23 bits per heavy atom. The minimum Gasteiger partial charge on any atom is -0.505 e. The number of phenolic OH excluding ortho intramolecular Hbond substituents is 1. The molecule has 1 heterocycles. The van der Waals surface area contributed by atoms with Gasteiger partial charge in [0.25, 0.3) is 5.91 Å². The van der Waals surface area contributed by atoms with Crippen LogP contribution in [0, 0.1) is 11.7 Å². The highest BCUT2D eigenvalue weighted by atomic mass is 19.1. The van der Waals surface area contributed by atoms with E-state index in [1.807, 2.05) is 0 Å². The van der Waals surface area contributed by atoms with Crippen LogP contribution >= 0.6 is 0 Å². The van der Waals surface area contributed by atoms with E-state index in [4.69, 9.17) is 0 Å². The fourth-order valence-electron chi connectivity index (χ4n) is 3.42. The highest BCUT2D eigenvalue weighted by Crippen LogP contribution is 2.25. The molecule has 1 aliphatic heterocycles. The number of piperidine rings is 1. The normalized spacial score (nSPS) is 17.8. The Morgan fingerprint density at radius 3 is 2.65 bits per heavy atom. The van der Waals surface area contributed by atoms with Crippen LogP contribution in [0.4, 0.5) is 4.39 Å². The first-order chi connectivity index (χ1) is 12.5. The Labute approximate surface area is 153 Å². The number of carbonyl (C=O) groups excluding carboxylic acids is 1. The molecule has 2 N–H and O–H groups in total. The molecule has 2 aromatic carbocycles. The van der Waals surface area contributed by atoms with Gasteiger partial charge in [-0.1, -0.05) is 25.1 Å². The lowest BCUT2D eigenvalue weighted by atomic mass is 10.0. The van der Waals surface area contributed by atoms with Crippen LogP contribution in [0.1, 0.15) is 30.1 Å². The van der Waals surface area contributed by atoms with E-state index in [1.165, 1.54) is 25.0 Å². The molecule has 1 aliphatic rings. The summed E-state index contributed by atoms with van der Waals surface area (Å²) in [6.07, 6.45) is 2.52. The summed E-state index contributed by atoms with van der Waals surface area (Å²) in [5.41, 5.74) is 2.04. The average molecular weight is 356 g/mol. The third-order valence-electron chi connectivity index (χ3n) is 4.88. The molecule has 1 amide bonds. The number of benzene rings is 2. The van der Waals surface area contributed by atoms with Gasteiger partial charge in [0, 0.05) is 25.2 Å². The SMILES string of the molecule is CC1CCCN(CCNC(=O)c2ccc(-c3ccc(O)c(F)c3)cc2)C1. The molecule has 0 saturated carbocycles. The van der Waals surface area contributed by atoms with Gasteiger partial charge in [-0.05, 0) is 60.7 Å². The zero-order chi connectivity index (χ0) is 18.5. The molecular formula is C21H25FN2O2. The maximum atomic E-state index is 13.5. The zero-order valence-corrected chi connectivity index (χ0v) is 15.0. The Balaban J connectivity index is 1.54. The van der Waals surface area contributed by atoms with E-state index in [9.17, 15) is 14.3 Å². The molecule has 0 bridgehead atoms. The summed E-state index contributed by atoms with van der Waals surface area (Å²) in [7, 11) is 0. The van der Waals surface area contributed by atoms with E-state index >= 15 is 0 Å². The maximum absolute atomic E-state index is 13.5. The smallest absolute Gasteiger partial charge is 0.251 e. The van der Waals surface area contributed by atoms with Gasteiger partial charge >= 0.3 is 0 Å². The van der Waals surface area contributed by atoms with Crippen molar-refractivity contribution in [1.82, 2.24) is 10.2 Å². The molecule has 0 spiro atoms. The summed E-state index contributed by atoms with van der Waals surface area (Å²) in [4.78, 5) is 14.7. The summed E-state index contributed by atoms with van der Waals surface area (Å²) in [5.74, 6) is -0.389. The molecule has 1 fully saturated rings. The molecule has 1 atom stereocenters. The summed E-state index contributed by atoms with van der Waals surface area (Å²) in [6.45, 7) is 6.00. The Morgan fingerprint density at radius 2 is 1.96 bits per heavy atom. The monoisotopic (exact) mass is 356 g/mol. The van der Waals surface area contributed by atoms with Crippen LogP contribution in [-0.2, 0) is 0 Å². The van der Waals surface area contributed by atoms with E-state index in [0.29, 0.717) is 17.7 Å². The molecule has 5 heteroatoms. The number of likely N-dealkylation sites (tertiary alicyclic amines) is 1. The van der Waals surface area contributed by atoms with E-state index in [1.54, 1.807) is 30.3 Å². The molecule has 1 unspecified atom stereocenters. The fraction of sp³-hybridized carbons (Fsp3) is 0.381. The van der Waals surface area contributed by atoms with Gasteiger partial charge in [-0.25, -0.2) is 4.39 Å². The van der Waals surface area contributed by atoms with Crippen molar-refractivity contribution in [3.63, 3.8) is 0 Å². The second kappa shape index (κ2) is 8.32. The first-order valence-corrected chi connectivity index (χ1v) is 9.12. The van der Waals surface area contributed by atoms with Crippen molar-refractivity contribution >= 4 is 5.91 Å². The van der Waals surface area contributed by atoms with Crippen LogP contribution in [0.15, 0.2) is 42.5 Å². The van der Waals surface area contributed by atoms with E-state index in [-0.39, 0.29) is 11.7 Å². The number of aromatic hydroxyl groups is 1. The van der Waals surface area contributed by atoms with Crippen molar-refractivity contribution in [3.05, 3.63) is 53.8 Å². The lowest BCUT2D eigenvalue weighted by Gasteiger charge is -2.30. The van der Waals surface area contributed by atoms with Gasteiger partial charge in [0.1, 0.15) is 0 Å². The molecule has 0 aromatic heterocycles. The van der Waals surface area contributed by atoms with Crippen LogP contribution in [0.3, 0.4) is 0 Å². The van der Waals surface area contributed by atoms with Gasteiger partial charge < -0.3 is 15.3 Å². The van der Waals surface area contributed by atoms with Gasteiger partial charge in [0.2, 0.25) is 0 Å². The number of hydrogen-bond donors (Lipinski definition) is 2. The molecular weight excluding hydrogens is 331 g/mol.